The van der Waals surface area contributed by atoms with Crippen LogP contribution in [0, 0.1) is 41.4 Å². The number of hydrogen-bond donors (Lipinski definition) is 1. The monoisotopic (exact) mass is 443 g/mol. The van der Waals surface area contributed by atoms with Crippen LogP contribution in [0.1, 0.15) is 116 Å². The second-order valence-electron chi connectivity index (χ2n) is 12.9. The first kappa shape index (κ1) is 21.8. The SMILES string of the molecule is CC1CCC(NC2C3CCCCC3C3SC4CCCCC4C3C2C2CCCCC2)CC1. The summed E-state index contributed by atoms with van der Waals surface area (Å²) >= 11 is 2.55. The smallest absolute Gasteiger partial charge is 0.0135 e. The van der Waals surface area contributed by atoms with E-state index < -0.39 is 0 Å². The Hall–Kier alpha value is 0.310. The molecule has 8 unspecified atom stereocenters. The molecule has 5 aliphatic carbocycles. The van der Waals surface area contributed by atoms with Crippen LogP contribution in [0.3, 0.4) is 0 Å². The largest absolute Gasteiger partial charge is 0.311 e. The van der Waals surface area contributed by atoms with Crippen LogP contribution in [0.2, 0.25) is 0 Å². The van der Waals surface area contributed by atoms with E-state index in [2.05, 4.69) is 24.0 Å². The Morgan fingerprint density at radius 1 is 0.581 bits per heavy atom. The number of thioether (sulfide) groups is 1. The summed E-state index contributed by atoms with van der Waals surface area (Å²) in [4.78, 5) is 0. The summed E-state index contributed by atoms with van der Waals surface area (Å²) in [5.74, 6) is 7.24. The topological polar surface area (TPSA) is 12.0 Å². The van der Waals surface area contributed by atoms with Crippen molar-refractivity contribution < 1.29 is 0 Å². The van der Waals surface area contributed by atoms with Crippen LogP contribution in [-0.2, 0) is 0 Å². The molecule has 0 amide bonds. The van der Waals surface area contributed by atoms with Gasteiger partial charge in [0, 0.05) is 22.6 Å². The van der Waals surface area contributed by atoms with Crippen LogP contribution in [0.15, 0.2) is 0 Å². The van der Waals surface area contributed by atoms with Gasteiger partial charge in [-0.2, -0.15) is 11.8 Å². The highest BCUT2D eigenvalue weighted by molar-refractivity contribution is 8.00. The summed E-state index contributed by atoms with van der Waals surface area (Å²) in [6.45, 7) is 2.49. The number of fused-ring (bicyclic) bond motifs is 5. The Morgan fingerprint density at radius 3 is 2.00 bits per heavy atom. The zero-order valence-electron chi connectivity index (χ0n) is 20.3. The van der Waals surface area contributed by atoms with Crippen molar-refractivity contribution in [2.45, 2.75) is 139 Å². The van der Waals surface area contributed by atoms with Gasteiger partial charge >= 0.3 is 0 Å². The molecule has 8 atom stereocenters. The molecule has 5 saturated carbocycles. The highest BCUT2D eigenvalue weighted by Crippen LogP contribution is 2.63. The highest BCUT2D eigenvalue weighted by Gasteiger charge is 2.59. The van der Waals surface area contributed by atoms with E-state index in [1.54, 1.807) is 38.5 Å². The lowest BCUT2D eigenvalue weighted by Crippen LogP contribution is -2.61. The van der Waals surface area contributed by atoms with Gasteiger partial charge < -0.3 is 5.32 Å². The van der Waals surface area contributed by atoms with Gasteiger partial charge in [0.15, 0.2) is 0 Å². The minimum Gasteiger partial charge on any atom is -0.311 e. The van der Waals surface area contributed by atoms with Crippen LogP contribution in [0.25, 0.3) is 0 Å². The molecule has 31 heavy (non-hydrogen) atoms. The van der Waals surface area contributed by atoms with Gasteiger partial charge in [0.25, 0.3) is 0 Å². The maximum absolute atomic E-state index is 4.52. The first-order chi connectivity index (χ1) is 15.3. The minimum absolute atomic E-state index is 0.836. The van der Waals surface area contributed by atoms with Crippen molar-refractivity contribution in [1.29, 1.82) is 0 Å². The van der Waals surface area contributed by atoms with Gasteiger partial charge in [-0.05, 0) is 92.8 Å². The molecule has 6 fully saturated rings. The predicted molar refractivity (Wildman–Crippen MR) is 134 cm³/mol. The molecule has 0 bridgehead atoms. The van der Waals surface area contributed by atoms with Crippen molar-refractivity contribution in [2.24, 2.45) is 41.4 Å². The van der Waals surface area contributed by atoms with Crippen LogP contribution >= 0.6 is 11.8 Å². The number of rotatable bonds is 3. The molecule has 1 heterocycles. The van der Waals surface area contributed by atoms with Crippen molar-refractivity contribution in [1.82, 2.24) is 5.32 Å². The standard InChI is InChI=1S/C29H49NS/c1-19-15-17-21(18-16-19)30-28-22-11-5-6-12-23(22)29-27(24-13-7-8-14-25(24)31-29)26(28)20-9-3-2-4-10-20/h19-30H,2-18H2,1H3. The third kappa shape index (κ3) is 4.17. The molecule has 176 valence electrons. The van der Waals surface area contributed by atoms with E-state index in [0.29, 0.717) is 0 Å². The molecule has 1 N–H and O–H groups in total. The fraction of sp³-hybridized carbons (Fsp3) is 1.00. The Labute approximate surface area is 197 Å². The average Bonchev–Trinajstić information content (AvgIpc) is 3.21. The van der Waals surface area contributed by atoms with Gasteiger partial charge in [0.1, 0.15) is 0 Å². The summed E-state index contributed by atoms with van der Waals surface area (Å²) in [7, 11) is 0. The van der Waals surface area contributed by atoms with E-state index in [4.69, 9.17) is 0 Å². The van der Waals surface area contributed by atoms with E-state index in [1.165, 1.54) is 70.6 Å². The zero-order valence-corrected chi connectivity index (χ0v) is 21.1. The molecule has 0 radical (unpaired) electrons. The highest BCUT2D eigenvalue weighted by atomic mass is 32.2. The molecule has 0 aromatic carbocycles. The zero-order chi connectivity index (χ0) is 20.8. The van der Waals surface area contributed by atoms with E-state index in [-0.39, 0.29) is 0 Å². The second kappa shape index (κ2) is 9.52. The normalized spacial score (nSPS) is 51.0. The second-order valence-corrected chi connectivity index (χ2v) is 14.3. The van der Waals surface area contributed by atoms with Gasteiger partial charge in [0.05, 0.1) is 0 Å². The van der Waals surface area contributed by atoms with Crippen molar-refractivity contribution in [2.75, 3.05) is 0 Å². The molecule has 1 nitrogen and oxygen atoms in total. The van der Waals surface area contributed by atoms with E-state index >= 15 is 0 Å². The quantitative estimate of drug-likeness (QED) is 0.477. The van der Waals surface area contributed by atoms with E-state index in [1.807, 2.05) is 0 Å². The lowest BCUT2D eigenvalue weighted by Gasteiger charge is -2.56. The molecule has 0 spiro atoms. The van der Waals surface area contributed by atoms with Gasteiger partial charge in [-0.1, -0.05) is 64.7 Å². The third-order valence-electron chi connectivity index (χ3n) is 11.2. The molecule has 0 aromatic heterocycles. The lowest BCUT2D eigenvalue weighted by atomic mass is 9.53. The Morgan fingerprint density at radius 2 is 1.23 bits per heavy atom. The van der Waals surface area contributed by atoms with Crippen LogP contribution in [-0.4, -0.2) is 22.6 Å². The molecular weight excluding hydrogens is 394 g/mol. The van der Waals surface area contributed by atoms with Crippen molar-refractivity contribution in [3.05, 3.63) is 0 Å². The van der Waals surface area contributed by atoms with E-state index in [9.17, 15) is 0 Å². The minimum atomic E-state index is 0.836. The summed E-state index contributed by atoms with van der Waals surface area (Å²) < 4.78 is 0. The molecular formula is C29H49NS. The van der Waals surface area contributed by atoms with Crippen molar-refractivity contribution >= 4 is 11.8 Å². The molecule has 1 saturated heterocycles. The molecule has 0 aromatic rings. The Balaban J connectivity index is 1.33. The lowest BCUT2D eigenvalue weighted by molar-refractivity contribution is -0.0238. The maximum atomic E-state index is 4.52. The first-order valence-electron chi connectivity index (χ1n) is 14.7. The molecule has 1 aliphatic heterocycles. The number of nitrogens with one attached hydrogen (secondary N) is 1. The fourth-order valence-corrected chi connectivity index (χ4v) is 12.1. The van der Waals surface area contributed by atoms with Crippen LogP contribution < -0.4 is 5.32 Å². The summed E-state index contributed by atoms with van der Waals surface area (Å²) in [6, 6.07) is 1.71. The van der Waals surface area contributed by atoms with Crippen LogP contribution in [0.5, 0.6) is 0 Å². The third-order valence-corrected chi connectivity index (χ3v) is 13.1. The van der Waals surface area contributed by atoms with Gasteiger partial charge in [0.2, 0.25) is 0 Å². The molecule has 6 aliphatic rings. The number of hydrogen-bond acceptors (Lipinski definition) is 2. The van der Waals surface area contributed by atoms with Gasteiger partial charge in [-0.25, -0.2) is 0 Å². The summed E-state index contributed by atoms with van der Waals surface area (Å²) in [5.41, 5.74) is 0. The first-order valence-corrected chi connectivity index (χ1v) is 15.7. The summed E-state index contributed by atoms with van der Waals surface area (Å²) in [6.07, 6.45) is 25.9. The Kier molecular flexibility index (Phi) is 6.70. The summed E-state index contributed by atoms with van der Waals surface area (Å²) in [5, 5.41) is 6.59. The van der Waals surface area contributed by atoms with Crippen molar-refractivity contribution in [3.63, 3.8) is 0 Å². The fourth-order valence-electron chi connectivity index (χ4n) is 9.79. The van der Waals surface area contributed by atoms with E-state index in [0.717, 1.165) is 64.0 Å². The average molecular weight is 444 g/mol. The van der Waals surface area contributed by atoms with Crippen molar-refractivity contribution in [3.8, 4) is 0 Å². The van der Waals surface area contributed by atoms with Gasteiger partial charge in [-0.3, -0.25) is 0 Å². The van der Waals surface area contributed by atoms with Crippen LogP contribution in [0.4, 0.5) is 0 Å². The molecule has 2 heteroatoms. The maximum Gasteiger partial charge on any atom is 0.0135 e. The van der Waals surface area contributed by atoms with Gasteiger partial charge in [-0.15, -0.1) is 0 Å². The predicted octanol–water partition coefficient (Wildman–Crippen LogP) is 7.83. The molecule has 6 rings (SSSR count). The Bertz CT molecular complexity index is 592.